The van der Waals surface area contributed by atoms with Crippen molar-refractivity contribution in [3.63, 3.8) is 0 Å². The Morgan fingerprint density at radius 2 is 1.86 bits per heavy atom. The number of carbonyl (C=O) groups is 2. The van der Waals surface area contributed by atoms with Crippen molar-refractivity contribution in [1.29, 1.82) is 0 Å². The fourth-order valence-electron chi connectivity index (χ4n) is 3.05. The molecule has 154 valence electrons. The van der Waals surface area contributed by atoms with E-state index in [9.17, 15) is 14.0 Å². The van der Waals surface area contributed by atoms with E-state index in [1.807, 2.05) is 32.0 Å². The summed E-state index contributed by atoms with van der Waals surface area (Å²) < 4.78 is 29.6. The number of ether oxygens (including phenoxy) is 3. The van der Waals surface area contributed by atoms with Crippen LogP contribution in [0.3, 0.4) is 0 Å². The van der Waals surface area contributed by atoms with Gasteiger partial charge in [-0.05, 0) is 41.8 Å². The molecule has 0 radical (unpaired) electrons. The van der Waals surface area contributed by atoms with Crippen LogP contribution in [0.1, 0.15) is 42.2 Å². The topological polar surface area (TPSA) is 73.9 Å². The second kappa shape index (κ2) is 9.41. The highest BCUT2D eigenvalue weighted by atomic mass is 19.1. The van der Waals surface area contributed by atoms with Crippen LogP contribution in [0.2, 0.25) is 0 Å². The summed E-state index contributed by atoms with van der Waals surface area (Å²) >= 11 is 0. The van der Waals surface area contributed by atoms with Crippen molar-refractivity contribution >= 4 is 11.9 Å². The van der Waals surface area contributed by atoms with E-state index in [0.29, 0.717) is 24.7 Å². The quantitative estimate of drug-likeness (QED) is 0.748. The molecule has 29 heavy (non-hydrogen) atoms. The van der Waals surface area contributed by atoms with Gasteiger partial charge in [-0.3, -0.25) is 4.79 Å². The summed E-state index contributed by atoms with van der Waals surface area (Å²) in [5.74, 6) is -0.320. The number of halogens is 1. The molecule has 0 aromatic heterocycles. The number of hydrogen-bond acceptors (Lipinski definition) is 5. The van der Waals surface area contributed by atoms with Crippen molar-refractivity contribution in [3.05, 3.63) is 59.4 Å². The summed E-state index contributed by atoms with van der Waals surface area (Å²) in [5, 5.41) is 2.89. The number of amides is 1. The van der Waals surface area contributed by atoms with Crippen LogP contribution >= 0.6 is 0 Å². The van der Waals surface area contributed by atoms with Gasteiger partial charge in [0.1, 0.15) is 5.82 Å². The molecule has 0 aliphatic carbocycles. The van der Waals surface area contributed by atoms with Crippen LogP contribution in [-0.2, 0) is 9.53 Å². The second-order valence-corrected chi connectivity index (χ2v) is 7.13. The number of fused-ring (bicyclic) bond motifs is 1. The lowest BCUT2D eigenvalue weighted by molar-refractivity contribution is -0.125. The number of hydrogen-bond donors (Lipinski definition) is 1. The van der Waals surface area contributed by atoms with Gasteiger partial charge in [0.25, 0.3) is 5.91 Å². The molecule has 0 fully saturated rings. The molecule has 1 atom stereocenters. The highest BCUT2D eigenvalue weighted by Crippen LogP contribution is 2.34. The summed E-state index contributed by atoms with van der Waals surface area (Å²) in [6, 6.07) is 10.4. The first-order valence-corrected chi connectivity index (χ1v) is 9.55. The molecule has 1 N–H and O–H groups in total. The zero-order valence-corrected chi connectivity index (χ0v) is 16.4. The van der Waals surface area contributed by atoms with Gasteiger partial charge in [0, 0.05) is 6.42 Å². The van der Waals surface area contributed by atoms with Crippen LogP contribution in [-0.4, -0.2) is 31.7 Å². The lowest BCUT2D eigenvalue weighted by Gasteiger charge is -2.23. The van der Waals surface area contributed by atoms with E-state index in [0.717, 1.165) is 18.1 Å². The van der Waals surface area contributed by atoms with Gasteiger partial charge in [-0.1, -0.05) is 26.0 Å². The fraction of sp³-hybridized carbons (Fsp3) is 0.364. The molecule has 0 saturated heterocycles. The Balaban J connectivity index is 1.63. The van der Waals surface area contributed by atoms with Crippen molar-refractivity contribution in [2.24, 2.45) is 5.92 Å². The third kappa shape index (κ3) is 5.47. The first kappa shape index (κ1) is 20.6. The Morgan fingerprint density at radius 1 is 1.10 bits per heavy atom. The van der Waals surface area contributed by atoms with Gasteiger partial charge in [0.15, 0.2) is 18.1 Å². The van der Waals surface area contributed by atoms with E-state index in [2.05, 4.69) is 5.32 Å². The van der Waals surface area contributed by atoms with Crippen molar-refractivity contribution in [2.45, 2.75) is 26.3 Å². The Bertz CT molecular complexity index is 883. The first-order valence-electron chi connectivity index (χ1n) is 9.55. The summed E-state index contributed by atoms with van der Waals surface area (Å²) in [4.78, 5) is 24.3. The molecule has 1 aliphatic heterocycles. The van der Waals surface area contributed by atoms with E-state index in [-0.39, 0.29) is 17.5 Å². The van der Waals surface area contributed by atoms with Gasteiger partial charge in [-0.25, -0.2) is 9.18 Å². The predicted molar refractivity (Wildman–Crippen MR) is 104 cm³/mol. The average molecular weight is 401 g/mol. The first-order chi connectivity index (χ1) is 13.9. The summed E-state index contributed by atoms with van der Waals surface area (Å²) in [6.07, 6.45) is 0.811. The van der Waals surface area contributed by atoms with Crippen LogP contribution in [0.15, 0.2) is 42.5 Å². The van der Waals surface area contributed by atoms with Crippen molar-refractivity contribution in [2.75, 3.05) is 19.8 Å². The zero-order chi connectivity index (χ0) is 20.8. The summed E-state index contributed by atoms with van der Waals surface area (Å²) in [5.41, 5.74) is 0.926. The monoisotopic (exact) mass is 401 g/mol. The van der Waals surface area contributed by atoms with Gasteiger partial charge in [0.05, 0.1) is 24.8 Å². The van der Waals surface area contributed by atoms with Crippen molar-refractivity contribution in [1.82, 2.24) is 5.32 Å². The van der Waals surface area contributed by atoms with Crippen molar-refractivity contribution in [3.8, 4) is 11.5 Å². The molecule has 0 unspecified atom stereocenters. The highest BCUT2D eigenvalue weighted by Gasteiger charge is 2.22. The Morgan fingerprint density at radius 3 is 2.59 bits per heavy atom. The minimum absolute atomic E-state index is 0.0566. The Kier molecular flexibility index (Phi) is 6.69. The van der Waals surface area contributed by atoms with E-state index >= 15 is 0 Å². The standard InChI is InChI=1S/C22H24FNO5/c1-14(2)21(15-7-8-18-19(12-15)28-10-4-9-27-18)24-20(25)13-29-22(26)16-5-3-6-17(23)11-16/h3,5-8,11-12,14,21H,4,9-10,13H2,1-2H3,(H,24,25)/t21-/m0/s1. The number of rotatable bonds is 6. The SMILES string of the molecule is CC(C)[C@H](NC(=O)COC(=O)c1cccc(F)c1)c1ccc2c(c1)OCCCO2. The van der Waals surface area contributed by atoms with E-state index in [1.54, 1.807) is 0 Å². The van der Waals surface area contributed by atoms with Crippen LogP contribution < -0.4 is 14.8 Å². The van der Waals surface area contributed by atoms with E-state index in [4.69, 9.17) is 14.2 Å². The Labute approximate surface area is 169 Å². The molecule has 0 spiro atoms. The van der Waals surface area contributed by atoms with Gasteiger partial charge in [-0.15, -0.1) is 0 Å². The van der Waals surface area contributed by atoms with Gasteiger partial charge >= 0.3 is 5.97 Å². The van der Waals surface area contributed by atoms with Gasteiger partial charge < -0.3 is 19.5 Å². The molecule has 7 heteroatoms. The van der Waals surface area contributed by atoms with Gasteiger partial charge in [0.2, 0.25) is 0 Å². The molecule has 1 heterocycles. The molecular weight excluding hydrogens is 377 g/mol. The van der Waals surface area contributed by atoms with Crippen LogP contribution in [0.25, 0.3) is 0 Å². The molecule has 3 rings (SSSR count). The van der Waals surface area contributed by atoms with Crippen LogP contribution in [0.4, 0.5) is 4.39 Å². The maximum absolute atomic E-state index is 13.2. The van der Waals surface area contributed by atoms with Crippen molar-refractivity contribution < 1.29 is 28.2 Å². The largest absolute Gasteiger partial charge is 0.490 e. The molecule has 1 amide bonds. The summed E-state index contributed by atoms with van der Waals surface area (Å²) in [6.45, 7) is 4.68. The van der Waals surface area contributed by atoms with Crippen LogP contribution in [0, 0.1) is 11.7 Å². The van der Waals surface area contributed by atoms with Gasteiger partial charge in [-0.2, -0.15) is 0 Å². The Hall–Kier alpha value is -3.09. The number of nitrogens with one attached hydrogen (secondary N) is 1. The predicted octanol–water partition coefficient (Wildman–Crippen LogP) is 3.66. The van der Waals surface area contributed by atoms with E-state index in [1.165, 1.54) is 18.2 Å². The number of esters is 1. The molecule has 6 nitrogen and oxygen atoms in total. The fourth-order valence-corrected chi connectivity index (χ4v) is 3.05. The molecule has 2 aromatic rings. The third-order valence-corrected chi connectivity index (χ3v) is 4.51. The normalized spacial score (nSPS) is 14.1. The zero-order valence-electron chi connectivity index (χ0n) is 16.4. The average Bonchev–Trinajstić information content (AvgIpc) is 2.94. The molecule has 2 aromatic carbocycles. The number of benzene rings is 2. The minimum Gasteiger partial charge on any atom is -0.490 e. The molecule has 0 bridgehead atoms. The maximum atomic E-state index is 13.2. The minimum atomic E-state index is -0.753. The smallest absolute Gasteiger partial charge is 0.338 e. The molecule has 0 saturated carbocycles. The molecular formula is C22H24FNO5. The maximum Gasteiger partial charge on any atom is 0.338 e. The van der Waals surface area contributed by atoms with Crippen LogP contribution in [0.5, 0.6) is 11.5 Å². The van der Waals surface area contributed by atoms with E-state index < -0.39 is 24.3 Å². The molecule has 1 aliphatic rings. The summed E-state index contributed by atoms with van der Waals surface area (Å²) in [7, 11) is 0. The number of carbonyl (C=O) groups excluding carboxylic acids is 2. The second-order valence-electron chi connectivity index (χ2n) is 7.13. The lowest BCUT2D eigenvalue weighted by Crippen LogP contribution is -2.35. The highest BCUT2D eigenvalue weighted by molar-refractivity contribution is 5.91. The lowest BCUT2D eigenvalue weighted by atomic mass is 9.95. The third-order valence-electron chi connectivity index (χ3n) is 4.51.